The largest absolute Gasteiger partial charge is 0.496 e. The molecule has 23 heavy (non-hydrogen) atoms. The van der Waals surface area contributed by atoms with Crippen molar-refractivity contribution in [3.05, 3.63) is 52.8 Å². The molecule has 2 aromatic carbocycles. The van der Waals surface area contributed by atoms with Crippen LogP contribution < -0.4 is 15.4 Å². The van der Waals surface area contributed by atoms with Gasteiger partial charge in [0.2, 0.25) is 5.91 Å². The van der Waals surface area contributed by atoms with Crippen molar-refractivity contribution in [1.82, 2.24) is 0 Å². The minimum atomic E-state index is -0.550. The maximum absolute atomic E-state index is 13.3. The van der Waals surface area contributed by atoms with Gasteiger partial charge < -0.3 is 15.4 Å². The Morgan fingerprint density at radius 1 is 1.13 bits per heavy atom. The number of carbonyl (C=O) groups is 2. The molecule has 7 heteroatoms. The van der Waals surface area contributed by atoms with Gasteiger partial charge in [-0.25, -0.2) is 4.39 Å². The van der Waals surface area contributed by atoms with Gasteiger partial charge in [0, 0.05) is 12.6 Å². The van der Waals surface area contributed by atoms with E-state index in [0.29, 0.717) is 16.4 Å². The summed E-state index contributed by atoms with van der Waals surface area (Å²) in [5.41, 5.74) is 0.821. The van der Waals surface area contributed by atoms with Crippen molar-refractivity contribution in [2.75, 3.05) is 17.7 Å². The monoisotopic (exact) mass is 336 g/mol. The Hall–Kier alpha value is -2.60. The third kappa shape index (κ3) is 4.20. The number of carbonyl (C=O) groups excluding carboxylic acids is 2. The van der Waals surface area contributed by atoms with E-state index in [4.69, 9.17) is 16.3 Å². The summed E-state index contributed by atoms with van der Waals surface area (Å²) >= 11 is 5.97. The van der Waals surface area contributed by atoms with Crippen molar-refractivity contribution in [3.63, 3.8) is 0 Å². The van der Waals surface area contributed by atoms with Crippen LogP contribution in [0.4, 0.5) is 15.8 Å². The maximum Gasteiger partial charge on any atom is 0.259 e. The first-order valence-electron chi connectivity index (χ1n) is 6.62. The molecule has 2 aromatic rings. The highest BCUT2D eigenvalue weighted by Crippen LogP contribution is 2.27. The van der Waals surface area contributed by atoms with E-state index < -0.39 is 11.7 Å². The van der Waals surface area contributed by atoms with Crippen LogP contribution in [-0.2, 0) is 4.79 Å². The van der Waals surface area contributed by atoms with Crippen LogP contribution in [-0.4, -0.2) is 18.9 Å². The summed E-state index contributed by atoms with van der Waals surface area (Å²) in [7, 11) is 1.39. The molecule has 120 valence electrons. The predicted octanol–water partition coefficient (Wildman–Crippen LogP) is 3.70. The van der Waals surface area contributed by atoms with E-state index in [1.807, 2.05) is 0 Å². The zero-order chi connectivity index (χ0) is 17.0. The molecule has 2 N–H and O–H groups in total. The minimum absolute atomic E-state index is 0.0588. The molecule has 0 saturated carbocycles. The second-order valence-corrected chi connectivity index (χ2v) is 5.08. The van der Waals surface area contributed by atoms with Crippen LogP contribution in [0.15, 0.2) is 36.4 Å². The fourth-order valence-electron chi connectivity index (χ4n) is 1.94. The van der Waals surface area contributed by atoms with Gasteiger partial charge in [-0.1, -0.05) is 11.6 Å². The quantitative estimate of drug-likeness (QED) is 0.894. The van der Waals surface area contributed by atoms with Gasteiger partial charge in [-0.3, -0.25) is 9.59 Å². The van der Waals surface area contributed by atoms with Crippen molar-refractivity contribution in [1.29, 1.82) is 0 Å². The van der Waals surface area contributed by atoms with Crippen molar-refractivity contribution in [2.45, 2.75) is 6.92 Å². The predicted molar refractivity (Wildman–Crippen MR) is 86.7 cm³/mol. The van der Waals surface area contributed by atoms with Gasteiger partial charge in [-0.2, -0.15) is 0 Å². The number of ether oxygens (including phenoxy) is 1. The molecule has 0 saturated heterocycles. The molecule has 0 atom stereocenters. The maximum atomic E-state index is 13.3. The van der Waals surface area contributed by atoms with E-state index in [1.54, 1.807) is 6.07 Å². The number of amides is 2. The highest BCUT2D eigenvalue weighted by molar-refractivity contribution is 6.33. The fourth-order valence-corrected chi connectivity index (χ4v) is 2.11. The van der Waals surface area contributed by atoms with Crippen LogP contribution in [0, 0.1) is 5.82 Å². The SMILES string of the molecule is COc1ccc(F)cc1C(=O)Nc1ccc(Cl)c(NC(C)=O)c1. The molecule has 0 aliphatic rings. The summed E-state index contributed by atoms with van der Waals surface area (Å²) in [5.74, 6) is -1.13. The number of halogens is 2. The lowest BCUT2D eigenvalue weighted by molar-refractivity contribution is -0.114. The number of nitrogens with one attached hydrogen (secondary N) is 2. The average molecular weight is 337 g/mol. The number of hydrogen-bond acceptors (Lipinski definition) is 3. The first-order valence-corrected chi connectivity index (χ1v) is 7.00. The van der Waals surface area contributed by atoms with Crippen molar-refractivity contribution < 1.29 is 18.7 Å². The molecule has 0 unspecified atom stereocenters. The van der Waals surface area contributed by atoms with Gasteiger partial charge in [-0.05, 0) is 36.4 Å². The topological polar surface area (TPSA) is 67.4 Å². The number of benzene rings is 2. The first-order chi connectivity index (χ1) is 10.9. The third-order valence-electron chi connectivity index (χ3n) is 2.94. The number of rotatable bonds is 4. The van der Waals surface area contributed by atoms with Crippen LogP contribution in [0.5, 0.6) is 5.75 Å². The van der Waals surface area contributed by atoms with E-state index in [0.717, 1.165) is 6.07 Å². The Morgan fingerprint density at radius 3 is 2.52 bits per heavy atom. The smallest absolute Gasteiger partial charge is 0.259 e. The van der Waals surface area contributed by atoms with E-state index in [1.165, 1.54) is 38.3 Å². The van der Waals surface area contributed by atoms with E-state index >= 15 is 0 Å². The minimum Gasteiger partial charge on any atom is -0.496 e. The summed E-state index contributed by atoms with van der Waals surface area (Å²) in [4.78, 5) is 23.4. The lowest BCUT2D eigenvalue weighted by Gasteiger charge is -2.11. The standard InChI is InChI=1S/C16H14ClFN2O3/c1-9(21)19-14-8-11(4-5-13(14)17)20-16(22)12-7-10(18)3-6-15(12)23-2/h3-8H,1-2H3,(H,19,21)(H,20,22). The van der Waals surface area contributed by atoms with Crippen molar-refractivity contribution in [3.8, 4) is 5.75 Å². The van der Waals surface area contributed by atoms with Crippen LogP contribution in [0.2, 0.25) is 5.02 Å². The Morgan fingerprint density at radius 2 is 1.87 bits per heavy atom. The summed E-state index contributed by atoms with van der Waals surface area (Å²) in [5, 5.41) is 5.49. The molecule has 0 bridgehead atoms. The van der Waals surface area contributed by atoms with Crippen molar-refractivity contribution >= 4 is 34.8 Å². The molecule has 0 spiro atoms. The molecule has 0 fully saturated rings. The zero-order valence-electron chi connectivity index (χ0n) is 12.4. The van der Waals surface area contributed by atoms with E-state index in [-0.39, 0.29) is 17.2 Å². The molecule has 5 nitrogen and oxygen atoms in total. The zero-order valence-corrected chi connectivity index (χ0v) is 13.2. The van der Waals surface area contributed by atoms with E-state index in [2.05, 4.69) is 10.6 Å². The molecule has 0 aliphatic carbocycles. The van der Waals surface area contributed by atoms with Crippen LogP contribution in [0.25, 0.3) is 0 Å². The molecule has 0 aromatic heterocycles. The Labute approximate surface area is 137 Å². The lowest BCUT2D eigenvalue weighted by Crippen LogP contribution is -2.14. The molecular formula is C16H14ClFN2O3. The van der Waals surface area contributed by atoms with Crippen LogP contribution >= 0.6 is 11.6 Å². The van der Waals surface area contributed by atoms with Gasteiger partial charge in [0.25, 0.3) is 5.91 Å². The molecular weight excluding hydrogens is 323 g/mol. The Kier molecular flexibility index (Phi) is 5.18. The van der Waals surface area contributed by atoms with Crippen LogP contribution in [0.3, 0.4) is 0 Å². The van der Waals surface area contributed by atoms with Crippen LogP contribution in [0.1, 0.15) is 17.3 Å². The molecule has 2 amide bonds. The lowest BCUT2D eigenvalue weighted by atomic mass is 10.1. The Bertz CT molecular complexity index is 765. The average Bonchev–Trinajstić information content (AvgIpc) is 2.50. The van der Waals surface area contributed by atoms with E-state index in [9.17, 15) is 14.0 Å². The summed E-state index contributed by atoms with van der Waals surface area (Å²) in [6.45, 7) is 1.35. The van der Waals surface area contributed by atoms with Crippen molar-refractivity contribution in [2.24, 2.45) is 0 Å². The third-order valence-corrected chi connectivity index (χ3v) is 3.27. The molecule has 0 aliphatic heterocycles. The summed E-state index contributed by atoms with van der Waals surface area (Å²) in [6, 6.07) is 8.26. The highest BCUT2D eigenvalue weighted by atomic mass is 35.5. The molecule has 2 rings (SSSR count). The fraction of sp³-hybridized carbons (Fsp3) is 0.125. The summed E-state index contributed by atoms with van der Waals surface area (Å²) < 4.78 is 18.4. The van der Waals surface area contributed by atoms with Gasteiger partial charge in [0.1, 0.15) is 11.6 Å². The number of anilines is 2. The summed E-state index contributed by atoms with van der Waals surface area (Å²) in [6.07, 6.45) is 0. The molecule has 0 radical (unpaired) electrons. The Balaban J connectivity index is 2.27. The van der Waals surface area contributed by atoms with Gasteiger partial charge >= 0.3 is 0 Å². The highest BCUT2D eigenvalue weighted by Gasteiger charge is 2.14. The molecule has 0 heterocycles. The first kappa shape index (κ1) is 16.8. The van der Waals surface area contributed by atoms with Gasteiger partial charge in [0.15, 0.2) is 0 Å². The number of methoxy groups -OCH3 is 1. The normalized spacial score (nSPS) is 10.1. The second-order valence-electron chi connectivity index (χ2n) is 4.67. The second kappa shape index (κ2) is 7.11. The van der Waals surface area contributed by atoms with Gasteiger partial charge in [-0.15, -0.1) is 0 Å². The number of hydrogen-bond donors (Lipinski definition) is 2. The van der Waals surface area contributed by atoms with Gasteiger partial charge in [0.05, 0.1) is 23.4 Å².